The largest absolute Gasteiger partial charge is 0.390 e. The summed E-state index contributed by atoms with van der Waals surface area (Å²) in [5.74, 6) is 0. The summed E-state index contributed by atoms with van der Waals surface area (Å²) >= 11 is 0. The molecule has 2 bridgehead atoms. The van der Waals surface area contributed by atoms with Gasteiger partial charge in [0, 0.05) is 17.6 Å². The van der Waals surface area contributed by atoms with Gasteiger partial charge in [0.25, 0.3) is 0 Å². The standard InChI is InChI=1S/C13H25NO/c1-5-13(15)8-10-6-7-11(9-13)14(10)12(2,3)4/h10-11,15H,5-9H2,1-4H3/t10-,11?,13?/m1/s1. The van der Waals surface area contributed by atoms with Crippen molar-refractivity contribution in [2.75, 3.05) is 0 Å². The molecule has 3 atom stereocenters. The minimum Gasteiger partial charge on any atom is -0.390 e. The average Bonchev–Trinajstić information content (AvgIpc) is 2.40. The zero-order valence-corrected chi connectivity index (χ0v) is 10.6. The molecule has 0 aliphatic carbocycles. The number of aliphatic hydroxyl groups is 1. The molecule has 0 aromatic carbocycles. The van der Waals surface area contributed by atoms with Crippen LogP contribution in [-0.4, -0.2) is 33.2 Å². The first-order chi connectivity index (χ1) is 6.86. The first-order valence-electron chi connectivity index (χ1n) is 6.36. The molecule has 0 aromatic heterocycles. The van der Waals surface area contributed by atoms with Crippen LogP contribution in [-0.2, 0) is 0 Å². The molecule has 15 heavy (non-hydrogen) atoms. The highest BCUT2D eigenvalue weighted by atomic mass is 16.3. The highest BCUT2D eigenvalue weighted by Gasteiger charge is 2.49. The summed E-state index contributed by atoms with van der Waals surface area (Å²) in [6.07, 6.45) is 5.45. The van der Waals surface area contributed by atoms with Gasteiger partial charge in [-0.1, -0.05) is 6.92 Å². The number of nitrogens with zero attached hydrogens (tertiary/aromatic N) is 1. The normalized spacial score (nSPS) is 42.2. The van der Waals surface area contributed by atoms with E-state index >= 15 is 0 Å². The summed E-state index contributed by atoms with van der Waals surface area (Å²) in [7, 11) is 0. The Morgan fingerprint density at radius 1 is 1.20 bits per heavy atom. The lowest BCUT2D eigenvalue weighted by Crippen LogP contribution is -2.57. The maximum atomic E-state index is 10.4. The fourth-order valence-electron chi connectivity index (χ4n) is 3.71. The van der Waals surface area contributed by atoms with Gasteiger partial charge in [0.2, 0.25) is 0 Å². The molecule has 2 heteroatoms. The molecule has 2 heterocycles. The van der Waals surface area contributed by atoms with Crippen LogP contribution in [0.3, 0.4) is 0 Å². The molecule has 2 nitrogen and oxygen atoms in total. The second-order valence-corrected chi connectivity index (χ2v) is 6.45. The molecule has 0 saturated carbocycles. The second-order valence-electron chi connectivity index (χ2n) is 6.45. The van der Waals surface area contributed by atoms with E-state index < -0.39 is 0 Å². The third kappa shape index (κ3) is 1.94. The zero-order valence-electron chi connectivity index (χ0n) is 10.6. The summed E-state index contributed by atoms with van der Waals surface area (Å²) in [5, 5.41) is 10.4. The Hall–Kier alpha value is -0.0800. The molecule has 2 fully saturated rings. The van der Waals surface area contributed by atoms with Crippen LogP contribution in [0.25, 0.3) is 0 Å². The van der Waals surface area contributed by atoms with Crippen molar-refractivity contribution in [2.45, 2.75) is 83.0 Å². The zero-order chi connectivity index (χ0) is 11.3. The van der Waals surface area contributed by atoms with Gasteiger partial charge in [-0.25, -0.2) is 0 Å². The van der Waals surface area contributed by atoms with Crippen LogP contribution < -0.4 is 0 Å². The Bertz CT molecular complexity index is 229. The first-order valence-corrected chi connectivity index (χ1v) is 6.36. The van der Waals surface area contributed by atoms with Gasteiger partial charge in [0.15, 0.2) is 0 Å². The Labute approximate surface area is 93.7 Å². The molecule has 2 aliphatic heterocycles. The number of fused-ring (bicyclic) bond motifs is 2. The van der Waals surface area contributed by atoms with E-state index in [1.54, 1.807) is 0 Å². The van der Waals surface area contributed by atoms with E-state index in [0.29, 0.717) is 12.1 Å². The predicted molar refractivity (Wildman–Crippen MR) is 62.9 cm³/mol. The smallest absolute Gasteiger partial charge is 0.0675 e. The lowest BCUT2D eigenvalue weighted by atomic mass is 9.82. The third-order valence-electron chi connectivity index (χ3n) is 4.28. The highest BCUT2D eigenvalue weighted by Crippen LogP contribution is 2.45. The molecule has 2 rings (SSSR count). The van der Waals surface area contributed by atoms with Gasteiger partial charge in [-0.05, 0) is 52.9 Å². The van der Waals surface area contributed by atoms with Gasteiger partial charge in [0.1, 0.15) is 0 Å². The fraction of sp³-hybridized carbons (Fsp3) is 1.00. The number of piperidine rings is 1. The summed E-state index contributed by atoms with van der Waals surface area (Å²) in [6.45, 7) is 9.02. The molecule has 2 unspecified atom stereocenters. The molecule has 0 radical (unpaired) electrons. The number of hydrogen-bond donors (Lipinski definition) is 1. The average molecular weight is 211 g/mol. The van der Waals surface area contributed by atoms with Crippen LogP contribution in [0, 0.1) is 0 Å². The Morgan fingerprint density at radius 2 is 1.67 bits per heavy atom. The van der Waals surface area contributed by atoms with Crippen LogP contribution in [0.2, 0.25) is 0 Å². The van der Waals surface area contributed by atoms with Crippen molar-refractivity contribution in [1.82, 2.24) is 4.90 Å². The summed E-state index contributed by atoms with van der Waals surface area (Å²) in [5.41, 5.74) is -0.103. The second kappa shape index (κ2) is 3.46. The van der Waals surface area contributed by atoms with Gasteiger partial charge < -0.3 is 5.11 Å². The maximum absolute atomic E-state index is 10.4. The third-order valence-corrected chi connectivity index (χ3v) is 4.28. The molecule has 2 aliphatic rings. The molecule has 88 valence electrons. The van der Waals surface area contributed by atoms with Crippen LogP contribution in [0.4, 0.5) is 0 Å². The lowest BCUT2D eigenvalue weighted by Gasteiger charge is -2.49. The van der Waals surface area contributed by atoms with E-state index in [0.717, 1.165) is 19.3 Å². The van der Waals surface area contributed by atoms with E-state index in [9.17, 15) is 5.11 Å². The fourth-order valence-corrected chi connectivity index (χ4v) is 3.71. The van der Waals surface area contributed by atoms with Crippen molar-refractivity contribution < 1.29 is 5.11 Å². The topological polar surface area (TPSA) is 23.5 Å². The van der Waals surface area contributed by atoms with E-state index in [2.05, 4.69) is 32.6 Å². The monoisotopic (exact) mass is 211 g/mol. The van der Waals surface area contributed by atoms with Gasteiger partial charge >= 0.3 is 0 Å². The highest BCUT2D eigenvalue weighted by molar-refractivity contribution is 5.04. The molecular formula is C13H25NO. The Morgan fingerprint density at radius 3 is 2.00 bits per heavy atom. The van der Waals surface area contributed by atoms with E-state index in [1.807, 2.05) is 0 Å². The van der Waals surface area contributed by atoms with E-state index in [-0.39, 0.29) is 11.1 Å². The van der Waals surface area contributed by atoms with Gasteiger partial charge in [0.05, 0.1) is 5.60 Å². The van der Waals surface area contributed by atoms with Crippen molar-refractivity contribution in [2.24, 2.45) is 0 Å². The molecule has 2 saturated heterocycles. The molecule has 1 N–H and O–H groups in total. The van der Waals surface area contributed by atoms with Crippen molar-refractivity contribution in [3.05, 3.63) is 0 Å². The molecule has 0 amide bonds. The van der Waals surface area contributed by atoms with Crippen LogP contribution in [0.5, 0.6) is 0 Å². The van der Waals surface area contributed by atoms with Crippen molar-refractivity contribution in [3.8, 4) is 0 Å². The number of hydrogen-bond acceptors (Lipinski definition) is 2. The summed E-state index contributed by atoms with van der Waals surface area (Å²) in [4.78, 5) is 2.65. The van der Waals surface area contributed by atoms with Crippen LogP contribution in [0.1, 0.15) is 59.8 Å². The summed E-state index contributed by atoms with van der Waals surface area (Å²) in [6, 6.07) is 1.24. The Kier molecular flexibility index (Phi) is 2.63. The molecular weight excluding hydrogens is 186 g/mol. The predicted octanol–water partition coefficient (Wildman–Crippen LogP) is 2.55. The minimum atomic E-state index is -0.367. The van der Waals surface area contributed by atoms with Gasteiger partial charge in [-0.15, -0.1) is 0 Å². The quantitative estimate of drug-likeness (QED) is 0.720. The van der Waals surface area contributed by atoms with Crippen molar-refractivity contribution in [1.29, 1.82) is 0 Å². The molecule has 0 spiro atoms. The SMILES string of the molecule is CCC1(O)CC2CC[C@H](C1)N2C(C)(C)C. The van der Waals surface area contributed by atoms with Crippen molar-refractivity contribution >= 4 is 0 Å². The summed E-state index contributed by atoms with van der Waals surface area (Å²) < 4.78 is 0. The Balaban J connectivity index is 2.17. The maximum Gasteiger partial charge on any atom is 0.0675 e. The minimum absolute atomic E-state index is 0.265. The van der Waals surface area contributed by atoms with E-state index in [1.165, 1.54) is 12.8 Å². The van der Waals surface area contributed by atoms with E-state index in [4.69, 9.17) is 0 Å². The lowest BCUT2D eigenvalue weighted by molar-refractivity contribution is -0.0796. The van der Waals surface area contributed by atoms with Crippen LogP contribution >= 0.6 is 0 Å². The molecule has 0 aromatic rings. The first kappa shape index (κ1) is 11.4. The van der Waals surface area contributed by atoms with Crippen LogP contribution in [0.15, 0.2) is 0 Å². The van der Waals surface area contributed by atoms with Crippen molar-refractivity contribution in [3.63, 3.8) is 0 Å². The number of rotatable bonds is 1. The van der Waals surface area contributed by atoms with Gasteiger partial charge in [-0.2, -0.15) is 0 Å². The van der Waals surface area contributed by atoms with Gasteiger partial charge in [-0.3, -0.25) is 4.90 Å².